The van der Waals surface area contributed by atoms with E-state index in [1.807, 2.05) is 18.2 Å². The summed E-state index contributed by atoms with van der Waals surface area (Å²) < 4.78 is 0. The van der Waals surface area contributed by atoms with E-state index in [1.54, 1.807) is 0 Å². The van der Waals surface area contributed by atoms with Crippen LogP contribution in [0.4, 0.5) is 0 Å². The number of carbonyl (C=O) groups is 1. The second-order valence-corrected chi connectivity index (χ2v) is 6.82. The van der Waals surface area contributed by atoms with Crippen LogP contribution in [-0.2, 0) is 4.79 Å². The van der Waals surface area contributed by atoms with E-state index >= 15 is 0 Å². The van der Waals surface area contributed by atoms with Crippen molar-refractivity contribution in [2.75, 3.05) is 6.54 Å². The molecule has 0 aromatic heterocycles. The molecule has 3 nitrogen and oxygen atoms in total. The predicted octanol–water partition coefficient (Wildman–Crippen LogP) is 3.77. The Hall–Kier alpha value is -2.13. The second kappa shape index (κ2) is 7.63. The summed E-state index contributed by atoms with van der Waals surface area (Å²) in [5.74, 6) is 0.598. The van der Waals surface area contributed by atoms with Crippen LogP contribution in [0.5, 0.6) is 0 Å². The SMILES string of the molecule is CC(C)c1ccc([C@@H](NC(=O)C2CCCN2)c2ccccc2)cc1. The highest BCUT2D eigenvalue weighted by Crippen LogP contribution is 2.24. The van der Waals surface area contributed by atoms with Crippen molar-refractivity contribution in [3.8, 4) is 0 Å². The predicted molar refractivity (Wildman–Crippen MR) is 98.0 cm³/mol. The molecule has 1 aliphatic heterocycles. The van der Waals surface area contributed by atoms with Crippen molar-refractivity contribution in [2.24, 2.45) is 0 Å². The Morgan fingerprint density at radius 3 is 2.21 bits per heavy atom. The molecule has 1 saturated heterocycles. The van der Waals surface area contributed by atoms with E-state index < -0.39 is 0 Å². The first kappa shape index (κ1) is 16.7. The molecule has 3 heteroatoms. The smallest absolute Gasteiger partial charge is 0.237 e. The van der Waals surface area contributed by atoms with Gasteiger partial charge in [0.25, 0.3) is 0 Å². The Morgan fingerprint density at radius 1 is 1.00 bits per heavy atom. The van der Waals surface area contributed by atoms with Crippen molar-refractivity contribution >= 4 is 5.91 Å². The van der Waals surface area contributed by atoms with Gasteiger partial charge in [0.2, 0.25) is 5.91 Å². The highest BCUT2D eigenvalue weighted by Gasteiger charge is 2.25. The average molecular weight is 322 g/mol. The standard InChI is InChI=1S/C21H26N2O/c1-15(2)16-10-12-18(13-11-16)20(17-7-4-3-5-8-17)23-21(24)19-9-6-14-22-19/h3-5,7-8,10-13,15,19-20,22H,6,9,14H2,1-2H3,(H,23,24)/t19?,20-/m0/s1. The lowest BCUT2D eigenvalue weighted by Crippen LogP contribution is -2.42. The van der Waals surface area contributed by atoms with Crippen LogP contribution in [0.2, 0.25) is 0 Å². The fraction of sp³-hybridized carbons (Fsp3) is 0.381. The summed E-state index contributed by atoms with van der Waals surface area (Å²) in [6.45, 7) is 5.31. The lowest BCUT2D eigenvalue weighted by molar-refractivity contribution is -0.123. The maximum absolute atomic E-state index is 12.6. The molecule has 1 amide bonds. The number of benzene rings is 2. The molecule has 2 atom stereocenters. The molecule has 126 valence electrons. The van der Waals surface area contributed by atoms with Crippen LogP contribution in [0, 0.1) is 0 Å². The Balaban J connectivity index is 1.85. The number of amides is 1. The minimum Gasteiger partial charge on any atom is -0.344 e. The van der Waals surface area contributed by atoms with Gasteiger partial charge in [-0.05, 0) is 42.0 Å². The molecule has 0 aliphatic carbocycles. The quantitative estimate of drug-likeness (QED) is 0.880. The maximum atomic E-state index is 12.6. The summed E-state index contributed by atoms with van der Waals surface area (Å²) in [5, 5.41) is 6.52. The lowest BCUT2D eigenvalue weighted by Gasteiger charge is -2.22. The van der Waals surface area contributed by atoms with Gasteiger partial charge in [-0.2, -0.15) is 0 Å². The summed E-state index contributed by atoms with van der Waals surface area (Å²) >= 11 is 0. The molecule has 1 unspecified atom stereocenters. The molecule has 0 saturated carbocycles. The van der Waals surface area contributed by atoms with Gasteiger partial charge in [-0.1, -0.05) is 68.4 Å². The van der Waals surface area contributed by atoms with Crippen molar-refractivity contribution in [2.45, 2.75) is 44.7 Å². The number of nitrogens with one attached hydrogen (secondary N) is 2. The average Bonchev–Trinajstić information content (AvgIpc) is 3.15. The maximum Gasteiger partial charge on any atom is 0.237 e. The topological polar surface area (TPSA) is 41.1 Å². The Bertz CT molecular complexity index is 658. The van der Waals surface area contributed by atoms with Crippen molar-refractivity contribution in [1.29, 1.82) is 0 Å². The van der Waals surface area contributed by atoms with Crippen LogP contribution in [-0.4, -0.2) is 18.5 Å². The van der Waals surface area contributed by atoms with E-state index in [2.05, 4.69) is 60.9 Å². The third kappa shape index (κ3) is 3.85. The van der Waals surface area contributed by atoms with Crippen molar-refractivity contribution in [3.63, 3.8) is 0 Å². The van der Waals surface area contributed by atoms with Gasteiger partial charge in [-0.3, -0.25) is 4.79 Å². The first-order valence-corrected chi connectivity index (χ1v) is 8.83. The molecule has 2 N–H and O–H groups in total. The van der Waals surface area contributed by atoms with Gasteiger partial charge in [0, 0.05) is 0 Å². The van der Waals surface area contributed by atoms with Crippen LogP contribution >= 0.6 is 0 Å². The summed E-state index contributed by atoms with van der Waals surface area (Å²) in [7, 11) is 0. The van der Waals surface area contributed by atoms with Crippen LogP contribution < -0.4 is 10.6 Å². The largest absolute Gasteiger partial charge is 0.344 e. The summed E-state index contributed by atoms with van der Waals surface area (Å²) in [6.07, 6.45) is 1.98. The normalized spacial score (nSPS) is 18.5. The van der Waals surface area contributed by atoms with Gasteiger partial charge in [0.15, 0.2) is 0 Å². The summed E-state index contributed by atoms with van der Waals surface area (Å²) in [4.78, 5) is 12.6. The van der Waals surface area contributed by atoms with E-state index in [1.165, 1.54) is 5.56 Å². The second-order valence-electron chi connectivity index (χ2n) is 6.82. The molecule has 1 aliphatic rings. The third-order valence-electron chi connectivity index (χ3n) is 4.73. The Labute approximate surface area is 144 Å². The molecule has 2 aromatic rings. The van der Waals surface area contributed by atoms with Crippen LogP contribution in [0.15, 0.2) is 54.6 Å². The molecular weight excluding hydrogens is 296 g/mol. The fourth-order valence-electron chi connectivity index (χ4n) is 3.23. The zero-order chi connectivity index (χ0) is 16.9. The van der Waals surface area contributed by atoms with Gasteiger partial charge >= 0.3 is 0 Å². The molecular formula is C21H26N2O. The molecule has 2 aromatic carbocycles. The molecule has 1 heterocycles. The van der Waals surface area contributed by atoms with Gasteiger partial charge in [0.05, 0.1) is 12.1 Å². The number of hydrogen-bond donors (Lipinski definition) is 2. The molecule has 0 spiro atoms. The monoisotopic (exact) mass is 322 g/mol. The number of rotatable bonds is 5. The van der Waals surface area contributed by atoms with E-state index in [0.29, 0.717) is 5.92 Å². The van der Waals surface area contributed by atoms with Crippen molar-refractivity contribution in [3.05, 3.63) is 71.3 Å². The van der Waals surface area contributed by atoms with E-state index in [-0.39, 0.29) is 18.0 Å². The van der Waals surface area contributed by atoms with E-state index in [0.717, 1.165) is 30.5 Å². The minimum absolute atomic E-state index is 0.0638. The highest BCUT2D eigenvalue weighted by atomic mass is 16.2. The molecule has 3 rings (SSSR count). The van der Waals surface area contributed by atoms with Crippen LogP contribution in [0.25, 0.3) is 0 Å². The number of carbonyl (C=O) groups excluding carboxylic acids is 1. The molecule has 1 fully saturated rings. The zero-order valence-corrected chi connectivity index (χ0v) is 14.5. The fourth-order valence-corrected chi connectivity index (χ4v) is 3.23. The van der Waals surface area contributed by atoms with Gasteiger partial charge in [-0.25, -0.2) is 0 Å². The van der Waals surface area contributed by atoms with E-state index in [9.17, 15) is 4.79 Å². The zero-order valence-electron chi connectivity index (χ0n) is 14.5. The van der Waals surface area contributed by atoms with Crippen LogP contribution in [0.1, 0.15) is 55.3 Å². The molecule has 24 heavy (non-hydrogen) atoms. The first-order chi connectivity index (χ1) is 11.6. The summed E-state index contributed by atoms with van der Waals surface area (Å²) in [6, 6.07) is 18.6. The van der Waals surface area contributed by atoms with Crippen molar-refractivity contribution in [1.82, 2.24) is 10.6 Å². The lowest BCUT2D eigenvalue weighted by atomic mass is 9.95. The van der Waals surface area contributed by atoms with Crippen LogP contribution in [0.3, 0.4) is 0 Å². The molecule has 0 radical (unpaired) electrons. The Kier molecular flexibility index (Phi) is 5.31. The summed E-state index contributed by atoms with van der Waals surface area (Å²) in [5.41, 5.74) is 3.55. The van der Waals surface area contributed by atoms with E-state index in [4.69, 9.17) is 0 Å². The highest BCUT2D eigenvalue weighted by molar-refractivity contribution is 5.82. The first-order valence-electron chi connectivity index (χ1n) is 8.83. The van der Waals surface area contributed by atoms with Gasteiger partial charge in [-0.15, -0.1) is 0 Å². The van der Waals surface area contributed by atoms with Gasteiger partial charge in [0.1, 0.15) is 0 Å². The number of hydrogen-bond acceptors (Lipinski definition) is 2. The minimum atomic E-state index is -0.109. The Morgan fingerprint density at radius 2 is 1.62 bits per heavy atom. The molecule has 0 bridgehead atoms. The van der Waals surface area contributed by atoms with Crippen molar-refractivity contribution < 1.29 is 4.79 Å². The third-order valence-corrected chi connectivity index (χ3v) is 4.73. The van der Waals surface area contributed by atoms with Gasteiger partial charge < -0.3 is 10.6 Å².